The zero-order chi connectivity index (χ0) is 13.8. The van der Waals surface area contributed by atoms with Gasteiger partial charge in [0.1, 0.15) is 0 Å². The van der Waals surface area contributed by atoms with Crippen molar-refractivity contribution < 1.29 is 9.53 Å². The molecule has 1 fully saturated rings. The van der Waals surface area contributed by atoms with Gasteiger partial charge in [-0.05, 0) is 34.1 Å². The molecule has 0 spiro atoms. The number of ether oxygens (including phenoxy) is 1. The first-order valence-corrected chi connectivity index (χ1v) is 7.28. The van der Waals surface area contributed by atoms with Crippen molar-refractivity contribution in [1.29, 1.82) is 0 Å². The van der Waals surface area contributed by atoms with Gasteiger partial charge in [-0.25, -0.2) is 0 Å². The van der Waals surface area contributed by atoms with Crippen LogP contribution in [0.25, 0.3) is 0 Å². The minimum Gasteiger partial charge on any atom is -0.374 e. The van der Waals surface area contributed by atoms with Gasteiger partial charge in [-0.1, -0.05) is 11.6 Å². The predicted octanol–water partition coefficient (Wildman–Crippen LogP) is 2.16. The smallest absolute Gasteiger partial charge is 0.253 e. The van der Waals surface area contributed by atoms with E-state index < -0.39 is 0 Å². The van der Waals surface area contributed by atoms with Gasteiger partial charge in [0.25, 0.3) is 5.91 Å². The first-order valence-electron chi connectivity index (χ1n) is 6.11. The minimum absolute atomic E-state index is 0.0356. The lowest BCUT2D eigenvalue weighted by Crippen LogP contribution is -2.45. The lowest BCUT2D eigenvalue weighted by molar-refractivity contribution is 0.0104. The van der Waals surface area contributed by atoms with Crippen LogP contribution in [0.5, 0.6) is 0 Å². The van der Waals surface area contributed by atoms with E-state index in [0.29, 0.717) is 23.7 Å². The highest BCUT2D eigenvalue weighted by atomic mass is 79.9. The molecule has 1 aromatic carbocycles. The molecule has 0 bridgehead atoms. The van der Waals surface area contributed by atoms with Crippen molar-refractivity contribution in [3.8, 4) is 0 Å². The molecule has 0 saturated carbocycles. The van der Waals surface area contributed by atoms with E-state index in [2.05, 4.69) is 21.2 Å². The van der Waals surface area contributed by atoms with Crippen molar-refractivity contribution in [3.05, 3.63) is 33.3 Å². The van der Waals surface area contributed by atoms with E-state index in [1.165, 1.54) is 0 Å². The number of rotatable bonds is 3. The van der Waals surface area contributed by atoms with Crippen LogP contribution in [0.15, 0.2) is 22.7 Å². The molecule has 1 N–H and O–H groups in total. The van der Waals surface area contributed by atoms with E-state index >= 15 is 0 Å². The molecule has 6 heteroatoms. The van der Waals surface area contributed by atoms with Gasteiger partial charge in [-0.15, -0.1) is 0 Å². The maximum absolute atomic E-state index is 12.3. The summed E-state index contributed by atoms with van der Waals surface area (Å²) in [6.45, 7) is 2.92. The first-order chi connectivity index (χ1) is 9.08. The Morgan fingerprint density at radius 2 is 2.42 bits per heavy atom. The second kappa shape index (κ2) is 6.70. The third kappa shape index (κ3) is 3.92. The van der Waals surface area contributed by atoms with E-state index in [1.807, 2.05) is 0 Å². The number of morpholine rings is 1. The van der Waals surface area contributed by atoms with Crippen molar-refractivity contribution >= 4 is 33.4 Å². The van der Waals surface area contributed by atoms with Gasteiger partial charge in [0.05, 0.1) is 17.7 Å². The predicted molar refractivity (Wildman–Crippen MR) is 78.7 cm³/mol. The van der Waals surface area contributed by atoms with Crippen molar-refractivity contribution in [2.75, 3.05) is 33.3 Å². The van der Waals surface area contributed by atoms with E-state index in [-0.39, 0.29) is 12.0 Å². The Morgan fingerprint density at radius 1 is 1.63 bits per heavy atom. The lowest BCUT2D eigenvalue weighted by Gasteiger charge is -2.28. The number of carbonyl (C=O) groups excluding carboxylic acids is 1. The maximum Gasteiger partial charge on any atom is 0.253 e. The van der Waals surface area contributed by atoms with Crippen LogP contribution in [0, 0.1) is 0 Å². The summed E-state index contributed by atoms with van der Waals surface area (Å²) in [5.41, 5.74) is 0.613. The van der Waals surface area contributed by atoms with E-state index in [9.17, 15) is 4.79 Å². The SMILES string of the molecule is CN(CC1CNCCO1)C(=O)c1ccc(Cl)c(Br)c1. The quantitative estimate of drug-likeness (QED) is 0.911. The number of hydrogen-bond acceptors (Lipinski definition) is 3. The van der Waals surface area contributed by atoms with E-state index in [4.69, 9.17) is 16.3 Å². The van der Waals surface area contributed by atoms with Crippen molar-refractivity contribution in [3.63, 3.8) is 0 Å². The van der Waals surface area contributed by atoms with Gasteiger partial charge in [0.15, 0.2) is 0 Å². The second-order valence-electron chi connectivity index (χ2n) is 4.51. The summed E-state index contributed by atoms with van der Waals surface area (Å²) in [6.07, 6.45) is 0.0541. The topological polar surface area (TPSA) is 41.6 Å². The third-order valence-electron chi connectivity index (χ3n) is 3.00. The first kappa shape index (κ1) is 14.8. The summed E-state index contributed by atoms with van der Waals surface area (Å²) in [4.78, 5) is 13.9. The van der Waals surface area contributed by atoms with Crippen molar-refractivity contribution in [1.82, 2.24) is 10.2 Å². The molecule has 1 unspecified atom stereocenters. The Kier molecular flexibility index (Phi) is 5.21. The van der Waals surface area contributed by atoms with Gasteiger partial charge in [-0.2, -0.15) is 0 Å². The van der Waals surface area contributed by atoms with Gasteiger partial charge in [0, 0.05) is 36.7 Å². The number of nitrogens with zero attached hydrogens (tertiary/aromatic N) is 1. The highest BCUT2D eigenvalue weighted by Gasteiger charge is 2.19. The molecule has 1 aliphatic rings. The third-order valence-corrected chi connectivity index (χ3v) is 4.21. The number of hydrogen-bond donors (Lipinski definition) is 1. The Morgan fingerprint density at radius 3 is 3.05 bits per heavy atom. The summed E-state index contributed by atoms with van der Waals surface area (Å²) in [5.74, 6) is -0.0356. The molecule has 1 amide bonds. The van der Waals surface area contributed by atoms with Crippen LogP contribution in [-0.2, 0) is 4.74 Å². The highest BCUT2D eigenvalue weighted by Crippen LogP contribution is 2.23. The molecule has 1 heterocycles. The molecular formula is C13H16BrClN2O2. The molecule has 0 aliphatic carbocycles. The Bertz CT molecular complexity index is 464. The Hall–Kier alpha value is -0.620. The van der Waals surface area contributed by atoms with Crippen LogP contribution >= 0.6 is 27.5 Å². The Labute approximate surface area is 126 Å². The largest absolute Gasteiger partial charge is 0.374 e. The van der Waals surface area contributed by atoms with Crippen molar-refractivity contribution in [2.24, 2.45) is 0 Å². The fourth-order valence-electron chi connectivity index (χ4n) is 1.97. The summed E-state index contributed by atoms with van der Waals surface area (Å²) >= 11 is 9.25. The van der Waals surface area contributed by atoms with E-state index in [1.54, 1.807) is 30.1 Å². The number of halogens is 2. The molecule has 1 atom stereocenters. The molecule has 4 nitrogen and oxygen atoms in total. The molecular weight excluding hydrogens is 332 g/mol. The van der Waals surface area contributed by atoms with Crippen LogP contribution in [0.4, 0.5) is 0 Å². The molecule has 19 heavy (non-hydrogen) atoms. The van der Waals surface area contributed by atoms with Crippen LogP contribution in [0.1, 0.15) is 10.4 Å². The lowest BCUT2D eigenvalue weighted by atomic mass is 10.2. The number of amides is 1. The highest BCUT2D eigenvalue weighted by molar-refractivity contribution is 9.10. The van der Waals surface area contributed by atoms with Gasteiger partial charge in [-0.3, -0.25) is 4.79 Å². The minimum atomic E-state index is -0.0356. The molecule has 2 rings (SSSR count). The summed E-state index contributed by atoms with van der Waals surface area (Å²) < 4.78 is 6.32. The molecule has 1 aromatic rings. The zero-order valence-electron chi connectivity index (χ0n) is 10.7. The molecule has 0 radical (unpaired) electrons. The zero-order valence-corrected chi connectivity index (χ0v) is 13.0. The monoisotopic (exact) mass is 346 g/mol. The average molecular weight is 348 g/mol. The number of nitrogens with one attached hydrogen (secondary N) is 1. The van der Waals surface area contributed by atoms with Crippen LogP contribution in [-0.4, -0.2) is 50.2 Å². The Balaban J connectivity index is 1.99. The molecule has 0 aromatic heterocycles. The normalized spacial score (nSPS) is 19.2. The summed E-state index contributed by atoms with van der Waals surface area (Å²) in [7, 11) is 1.78. The van der Waals surface area contributed by atoms with Crippen LogP contribution < -0.4 is 5.32 Å². The second-order valence-corrected chi connectivity index (χ2v) is 5.77. The fraction of sp³-hybridized carbons (Fsp3) is 0.462. The number of likely N-dealkylation sites (N-methyl/N-ethyl adjacent to an activating group) is 1. The number of carbonyl (C=O) groups is 1. The standard InChI is InChI=1S/C13H16BrClN2O2/c1-17(8-10-7-16-4-5-19-10)13(18)9-2-3-12(15)11(14)6-9/h2-3,6,10,16H,4-5,7-8H2,1H3. The molecule has 1 saturated heterocycles. The van der Waals surface area contributed by atoms with Gasteiger partial charge in [0.2, 0.25) is 0 Å². The van der Waals surface area contributed by atoms with Crippen LogP contribution in [0.2, 0.25) is 5.02 Å². The van der Waals surface area contributed by atoms with Gasteiger partial charge >= 0.3 is 0 Å². The van der Waals surface area contributed by atoms with Crippen molar-refractivity contribution in [2.45, 2.75) is 6.10 Å². The summed E-state index contributed by atoms with van der Waals surface area (Å²) in [6, 6.07) is 5.18. The fourth-order valence-corrected chi connectivity index (χ4v) is 2.47. The molecule has 104 valence electrons. The summed E-state index contributed by atoms with van der Waals surface area (Å²) in [5, 5.41) is 3.84. The van der Waals surface area contributed by atoms with E-state index in [0.717, 1.165) is 17.6 Å². The maximum atomic E-state index is 12.3. The molecule has 1 aliphatic heterocycles. The van der Waals surface area contributed by atoms with Crippen LogP contribution in [0.3, 0.4) is 0 Å². The number of benzene rings is 1. The van der Waals surface area contributed by atoms with Gasteiger partial charge < -0.3 is 15.0 Å². The average Bonchev–Trinajstić information content (AvgIpc) is 2.42.